The molecule has 0 aliphatic rings. The standard InChI is InChI=1S/C21H17N3O/c25-21(23-20-12-6-7-13-22-20)19-14-17-10-4-5-11-18(17)24(19)15-16-8-2-1-3-9-16/h1-14H,15H2,(H,22,23,25). The van der Waals surface area contributed by atoms with Crippen LogP contribution in [-0.4, -0.2) is 15.5 Å². The van der Waals surface area contributed by atoms with Crippen LogP contribution in [0, 0.1) is 0 Å². The predicted octanol–water partition coefficient (Wildman–Crippen LogP) is 4.34. The molecule has 4 rings (SSSR count). The number of hydrogen-bond donors (Lipinski definition) is 1. The molecular formula is C21H17N3O. The Morgan fingerprint density at radius 1 is 0.920 bits per heavy atom. The lowest BCUT2D eigenvalue weighted by Gasteiger charge is -2.11. The maximum absolute atomic E-state index is 12.8. The van der Waals surface area contributed by atoms with E-state index in [0.717, 1.165) is 16.5 Å². The van der Waals surface area contributed by atoms with Crippen LogP contribution in [0.25, 0.3) is 10.9 Å². The molecule has 25 heavy (non-hydrogen) atoms. The lowest BCUT2D eigenvalue weighted by Crippen LogP contribution is -2.18. The van der Waals surface area contributed by atoms with Gasteiger partial charge in [0.25, 0.3) is 5.91 Å². The summed E-state index contributed by atoms with van der Waals surface area (Å²) in [5.41, 5.74) is 2.81. The molecule has 0 fully saturated rings. The monoisotopic (exact) mass is 327 g/mol. The number of amides is 1. The molecule has 4 heteroatoms. The summed E-state index contributed by atoms with van der Waals surface area (Å²) in [6, 6.07) is 25.5. The summed E-state index contributed by atoms with van der Waals surface area (Å²) < 4.78 is 2.04. The van der Waals surface area contributed by atoms with Gasteiger partial charge >= 0.3 is 0 Å². The van der Waals surface area contributed by atoms with Crippen molar-refractivity contribution in [2.24, 2.45) is 0 Å². The maximum atomic E-state index is 12.8. The van der Waals surface area contributed by atoms with Crippen LogP contribution in [-0.2, 0) is 6.54 Å². The van der Waals surface area contributed by atoms with Crippen molar-refractivity contribution in [1.29, 1.82) is 0 Å². The van der Waals surface area contributed by atoms with E-state index in [-0.39, 0.29) is 5.91 Å². The number of nitrogens with one attached hydrogen (secondary N) is 1. The van der Waals surface area contributed by atoms with Gasteiger partial charge in [-0.2, -0.15) is 0 Å². The third-order valence-electron chi connectivity index (χ3n) is 4.13. The first-order valence-corrected chi connectivity index (χ1v) is 8.16. The number of fused-ring (bicyclic) bond motifs is 1. The highest BCUT2D eigenvalue weighted by Gasteiger charge is 2.16. The topological polar surface area (TPSA) is 46.9 Å². The average molecular weight is 327 g/mol. The molecule has 2 aromatic carbocycles. The molecule has 1 N–H and O–H groups in total. The van der Waals surface area contributed by atoms with Gasteiger partial charge in [-0.3, -0.25) is 4.79 Å². The third kappa shape index (κ3) is 3.15. The van der Waals surface area contributed by atoms with Crippen LogP contribution in [0.3, 0.4) is 0 Å². The summed E-state index contributed by atoms with van der Waals surface area (Å²) in [6.07, 6.45) is 1.66. The third-order valence-corrected chi connectivity index (χ3v) is 4.13. The average Bonchev–Trinajstić information content (AvgIpc) is 3.02. The van der Waals surface area contributed by atoms with Gasteiger partial charge in [0.15, 0.2) is 0 Å². The lowest BCUT2D eigenvalue weighted by molar-refractivity contribution is 0.101. The fraction of sp³-hybridized carbons (Fsp3) is 0.0476. The Bertz CT molecular complexity index is 1010. The van der Waals surface area contributed by atoms with Crippen LogP contribution in [0.15, 0.2) is 85.1 Å². The number of nitrogens with zero attached hydrogens (tertiary/aromatic N) is 2. The van der Waals surface area contributed by atoms with E-state index < -0.39 is 0 Å². The van der Waals surface area contributed by atoms with Gasteiger partial charge in [-0.15, -0.1) is 0 Å². The number of carbonyl (C=O) groups excluding carboxylic acids is 1. The second kappa shape index (κ2) is 6.61. The highest BCUT2D eigenvalue weighted by molar-refractivity contribution is 6.06. The number of hydrogen-bond acceptors (Lipinski definition) is 2. The first-order valence-electron chi connectivity index (χ1n) is 8.16. The van der Waals surface area contributed by atoms with Crippen LogP contribution in [0.5, 0.6) is 0 Å². The van der Waals surface area contributed by atoms with Gasteiger partial charge in [-0.05, 0) is 29.8 Å². The fourth-order valence-electron chi connectivity index (χ4n) is 2.95. The second-order valence-electron chi connectivity index (χ2n) is 5.83. The molecule has 0 spiro atoms. The molecule has 1 amide bonds. The molecule has 122 valence electrons. The van der Waals surface area contributed by atoms with Gasteiger partial charge in [0.05, 0.1) is 0 Å². The molecule has 0 saturated carbocycles. The van der Waals surface area contributed by atoms with E-state index in [4.69, 9.17) is 0 Å². The van der Waals surface area contributed by atoms with E-state index in [1.807, 2.05) is 65.2 Å². The van der Waals surface area contributed by atoms with Crippen molar-refractivity contribution in [2.45, 2.75) is 6.54 Å². The minimum atomic E-state index is -0.161. The summed E-state index contributed by atoms with van der Waals surface area (Å²) in [7, 11) is 0. The molecule has 0 atom stereocenters. The number of benzene rings is 2. The lowest BCUT2D eigenvalue weighted by atomic mass is 10.2. The highest BCUT2D eigenvalue weighted by atomic mass is 16.2. The minimum Gasteiger partial charge on any atom is -0.332 e. The molecule has 0 aliphatic heterocycles. The maximum Gasteiger partial charge on any atom is 0.273 e. The zero-order valence-corrected chi connectivity index (χ0v) is 13.6. The Labute approximate surface area is 145 Å². The second-order valence-corrected chi connectivity index (χ2v) is 5.83. The first kappa shape index (κ1) is 15.1. The molecule has 0 radical (unpaired) electrons. The Balaban J connectivity index is 1.74. The number of aromatic nitrogens is 2. The summed E-state index contributed by atoms with van der Waals surface area (Å²) in [5, 5.41) is 3.92. The van der Waals surface area contributed by atoms with Crippen molar-refractivity contribution >= 4 is 22.6 Å². The zero-order chi connectivity index (χ0) is 17.1. The van der Waals surface area contributed by atoms with E-state index >= 15 is 0 Å². The molecule has 2 aromatic heterocycles. The fourth-order valence-corrected chi connectivity index (χ4v) is 2.95. The highest BCUT2D eigenvalue weighted by Crippen LogP contribution is 2.22. The Morgan fingerprint density at radius 3 is 2.48 bits per heavy atom. The summed E-state index contributed by atoms with van der Waals surface area (Å²) in [5.74, 6) is 0.384. The van der Waals surface area contributed by atoms with E-state index in [2.05, 4.69) is 22.4 Å². The van der Waals surface area contributed by atoms with E-state index in [1.54, 1.807) is 12.3 Å². The number of rotatable bonds is 4. The smallest absolute Gasteiger partial charge is 0.273 e. The SMILES string of the molecule is O=C(Nc1ccccn1)c1cc2ccccc2n1Cc1ccccc1. The van der Waals surface area contributed by atoms with Crippen molar-refractivity contribution in [3.63, 3.8) is 0 Å². The predicted molar refractivity (Wildman–Crippen MR) is 99.7 cm³/mol. The molecule has 0 aliphatic carbocycles. The molecule has 0 unspecified atom stereocenters. The summed E-state index contributed by atoms with van der Waals surface area (Å²) in [4.78, 5) is 17.0. The van der Waals surface area contributed by atoms with Gasteiger partial charge in [0, 0.05) is 23.6 Å². The van der Waals surface area contributed by atoms with E-state index in [1.165, 1.54) is 0 Å². The molecular weight excluding hydrogens is 310 g/mol. The van der Waals surface area contributed by atoms with E-state index in [0.29, 0.717) is 18.1 Å². The van der Waals surface area contributed by atoms with Crippen LogP contribution in [0.2, 0.25) is 0 Å². The van der Waals surface area contributed by atoms with Gasteiger partial charge in [-0.25, -0.2) is 4.98 Å². The van der Waals surface area contributed by atoms with Crippen LogP contribution in [0.1, 0.15) is 16.1 Å². The van der Waals surface area contributed by atoms with Crippen LogP contribution < -0.4 is 5.32 Å². The Morgan fingerprint density at radius 2 is 1.68 bits per heavy atom. The molecule has 4 nitrogen and oxygen atoms in total. The number of carbonyl (C=O) groups is 1. The van der Waals surface area contributed by atoms with Gasteiger partial charge in [0.1, 0.15) is 11.5 Å². The molecule has 0 bridgehead atoms. The number of anilines is 1. The number of para-hydroxylation sites is 1. The molecule has 2 heterocycles. The number of pyridine rings is 1. The van der Waals surface area contributed by atoms with Crippen molar-refractivity contribution in [3.05, 3.63) is 96.3 Å². The molecule has 4 aromatic rings. The summed E-state index contributed by atoms with van der Waals surface area (Å²) in [6.45, 7) is 0.638. The Hall–Kier alpha value is -3.40. The van der Waals surface area contributed by atoms with Gasteiger partial charge in [-0.1, -0.05) is 54.6 Å². The van der Waals surface area contributed by atoms with Crippen LogP contribution >= 0.6 is 0 Å². The van der Waals surface area contributed by atoms with E-state index in [9.17, 15) is 4.79 Å². The minimum absolute atomic E-state index is 0.161. The van der Waals surface area contributed by atoms with Crippen molar-refractivity contribution in [3.8, 4) is 0 Å². The Kier molecular flexibility index (Phi) is 4.01. The first-order chi connectivity index (χ1) is 12.3. The van der Waals surface area contributed by atoms with Crippen LogP contribution in [0.4, 0.5) is 5.82 Å². The normalized spacial score (nSPS) is 10.7. The molecule has 0 saturated heterocycles. The van der Waals surface area contributed by atoms with Crippen molar-refractivity contribution in [2.75, 3.05) is 5.32 Å². The largest absolute Gasteiger partial charge is 0.332 e. The zero-order valence-electron chi connectivity index (χ0n) is 13.6. The van der Waals surface area contributed by atoms with Crippen molar-refractivity contribution in [1.82, 2.24) is 9.55 Å². The van der Waals surface area contributed by atoms with Gasteiger partial charge < -0.3 is 9.88 Å². The van der Waals surface area contributed by atoms with Gasteiger partial charge in [0.2, 0.25) is 0 Å². The van der Waals surface area contributed by atoms with Crippen molar-refractivity contribution < 1.29 is 4.79 Å². The quantitative estimate of drug-likeness (QED) is 0.606. The summed E-state index contributed by atoms with van der Waals surface area (Å²) >= 11 is 0.